The molecule has 0 N–H and O–H groups in total. The number of hydrogen-bond acceptors (Lipinski definition) is 1. The number of benzene rings is 1. The molecule has 0 aromatic heterocycles. The van der Waals surface area contributed by atoms with Crippen molar-refractivity contribution in [1.29, 1.82) is 0 Å². The van der Waals surface area contributed by atoms with Gasteiger partial charge in [-0.05, 0) is 30.0 Å². The summed E-state index contributed by atoms with van der Waals surface area (Å²) >= 11 is 11.7. The summed E-state index contributed by atoms with van der Waals surface area (Å²) in [6.07, 6.45) is 1.52. The maximum atomic E-state index is 11.7. The summed E-state index contributed by atoms with van der Waals surface area (Å²) in [6, 6.07) is 5.37. The van der Waals surface area contributed by atoms with E-state index in [4.69, 9.17) is 23.2 Å². The van der Waals surface area contributed by atoms with Crippen LogP contribution in [0.4, 0.5) is 0 Å². The van der Waals surface area contributed by atoms with Crippen LogP contribution >= 0.6 is 23.2 Å². The van der Waals surface area contributed by atoms with E-state index in [2.05, 4.69) is 6.92 Å². The molecule has 1 saturated carbocycles. The van der Waals surface area contributed by atoms with E-state index in [0.29, 0.717) is 28.2 Å². The van der Waals surface area contributed by atoms with Crippen molar-refractivity contribution < 1.29 is 4.79 Å². The maximum absolute atomic E-state index is 11.7. The number of Topliss-reactive ketones (excluding diaryl/α,β-unsaturated/α-hetero) is 1. The van der Waals surface area contributed by atoms with E-state index in [9.17, 15) is 4.79 Å². The van der Waals surface area contributed by atoms with E-state index in [0.717, 1.165) is 12.0 Å². The summed E-state index contributed by atoms with van der Waals surface area (Å²) < 4.78 is 0. The van der Waals surface area contributed by atoms with Gasteiger partial charge in [-0.3, -0.25) is 4.79 Å². The van der Waals surface area contributed by atoms with Gasteiger partial charge in [0, 0.05) is 12.3 Å². The Morgan fingerprint density at radius 2 is 2.07 bits per heavy atom. The maximum Gasteiger partial charge on any atom is 0.140 e. The molecule has 1 aliphatic carbocycles. The molecule has 1 fully saturated rings. The molecule has 0 amide bonds. The van der Waals surface area contributed by atoms with Gasteiger partial charge < -0.3 is 0 Å². The molecule has 15 heavy (non-hydrogen) atoms. The first-order chi connectivity index (χ1) is 7.08. The molecule has 3 heteroatoms. The van der Waals surface area contributed by atoms with Crippen LogP contribution in [0.3, 0.4) is 0 Å². The van der Waals surface area contributed by atoms with Gasteiger partial charge >= 0.3 is 0 Å². The molecule has 80 valence electrons. The zero-order valence-corrected chi connectivity index (χ0v) is 9.98. The number of carbonyl (C=O) groups is 1. The molecular weight excluding hydrogens is 231 g/mol. The van der Waals surface area contributed by atoms with Gasteiger partial charge in [0.05, 0.1) is 10.0 Å². The fourth-order valence-corrected chi connectivity index (χ4v) is 2.07. The zero-order valence-electron chi connectivity index (χ0n) is 8.47. The summed E-state index contributed by atoms with van der Waals surface area (Å²) in [5.41, 5.74) is 0.952. The molecule has 0 saturated heterocycles. The predicted octanol–water partition coefficient (Wildman–Crippen LogP) is 3.76. The summed E-state index contributed by atoms with van der Waals surface area (Å²) in [7, 11) is 0. The van der Waals surface area contributed by atoms with Crippen LogP contribution in [0.2, 0.25) is 10.0 Å². The highest BCUT2D eigenvalue weighted by Gasteiger charge is 2.38. The topological polar surface area (TPSA) is 17.1 Å². The Labute approximate surface area is 99.4 Å². The Hall–Kier alpha value is -0.530. The van der Waals surface area contributed by atoms with Crippen LogP contribution in [0.5, 0.6) is 0 Å². The summed E-state index contributed by atoms with van der Waals surface area (Å²) in [5.74, 6) is 1.17. The standard InChI is InChI=1S/C12H12Cl2O/c1-7-4-9(7)12(15)6-8-2-3-10(13)11(14)5-8/h2-3,5,7,9H,4,6H2,1H3. The average Bonchev–Trinajstić information content (AvgIpc) is 2.89. The Morgan fingerprint density at radius 3 is 2.60 bits per heavy atom. The third-order valence-electron chi connectivity index (χ3n) is 2.89. The molecule has 2 rings (SSSR count). The molecule has 0 bridgehead atoms. The minimum absolute atomic E-state index is 0.277. The first-order valence-electron chi connectivity index (χ1n) is 5.04. The smallest absolute Gasteiger partial charge is 0.140 e. The number of ketones is 1. The molecule has 0 heterocycles. The second-order valence-corrected chi connectivity index (χ2v) is 5.03. The molecule has 0 spiro atoms. The van der Waals surface area contributed by atoms with Gasteiger partial charge in [-0.1, -0.05) is 36.2 Å². The van der Waals surface area contributed by atoms with Gasteiger partial charge in [0.15, 0.2) is 0 Å². The van der Waals surface area contributed by atoms with Crippen LogP contribution in [0, 0.1) is 11.8 Å². The van der Waals surface area contributed by atoms with Crippen LogP contribution < -0.4 is 0 Å². The second-order valence-electron chi connectivity index (χ2n) is 4.21. The number of carbonyl (C=O) groups excluding carboxylic acids is 1. The molecule has 0 aliphatic heterocycles. The SMILES string of the molecule is CC1CC1C(=O)Cc1ccc(Cl)c(Cl)c1. The van der Waals surface area contributed by atoms with E-state index in [1.807, 2.05) is 6.07 Å². The van der Waals surface area contributed by atoms with E-state index < -0.39 is 0 Å². The van der Waals surface area contributed by atoms with E-state index in [-0.39, 0.29) is 5.92 Å². The highest BCUT2D eigenvalue weighted by molar-refractivity contribution is 6.42. The van der Waals surface area contributed by atoms with E-state index in [1.54, 1.807) is 12.1 Å². The monoisotopic (exact) mass is 242 g/mol. The normalized spacial score (nSPS) is 23.9. The fourth-order valence-electron chi connectivity index (χ4n) is 1.75. The van der Waals surface area contributed by atoms with Gasteiger partial charge in [-0.2, -0.15) is 0 Å². The molecule has 1 aromatic carbocycles. The number of rotatable bonds is 3. The molecule has 2 atom stereocenters. The van der Waals surface area contributed by atoms with Crippen molar-refractivity contribution in [2.75, 3.05) is 0 Å². The molecular formula is C12H12Cl2O. The lowest BCUT2D eigenvalue weighted by Gasteiger charge is -2.02. The van der Waals surface area contributed by atoms with Gasteiger partial charge in [-0.25, -0.2) is 0 Å². The third kappa shape index (κ3) is 2.53. The minimum atomic E-state index is 0.277. The van der Waals surface area contributed by atoms with Crippen LogP contribution in [-0.4, -0.2) is 5.78 Å². The van der Waals surface area contributed by atoms with Crippen molar-refractivity contribution in [3.05, 3.63) is 33.8 Å². The third-order valence-corrected chi connectivity index (χ3v) is 3.62. The minimum Gasteiger partial charge on any atom is -0.299 e. The van der Waals surface area contributed by atoms with Gasteiger partial charge in [0.2, 0.25) is 0 Å². The first-order valence-corrected chi connectivity index (χ1v) is 5.80. The number of halogens is 2. The highest BCUT2D eigenvalue weighted by atomic mass is 35.5. The largest absolute Gasteiger partial charge is 0.299 e. The Bertz CT molecular complexity index is 401. The van der Waals surface area contributed by atoms with Crippen molar-refractivity contribution >= 4 is 29.0 Å². The molecule has 1 aromatic rings. The van der Waals surface area contributed by atoms with Crippen LogP contribution in [0.25, 0.3) is 0 Å². The van der Waals surface area contributed by atoms with Crippen LogP contribution in [-0.2, 0) is 11.2 Å². The van der Waals surface area contributed by atoms with Crippen molar-refractivity contribution in [1.82, 2.24) is 0 Å². The van der Waals surface area contributed by atoms with Gasteiger partial charge in [-0.15, -0.1) is 0 Å². The van der Waals surface area contributed by atoms with Crippen molar-refractivity contribution in [2.24, 2.45) is 11.8 Å². The van der Waals surface area contributed by atoms with Gasteiger partial charge in [0.1, 0.15) is 5.78 Å². The summed E-state index contributed by atoms with van der Waals surface area (Å²) in [5, 5.41) is 1.05. The summed E-state index contributed by atoms with van der Waals surface area (Å²) in [6.45, 7) is 2.11. The van der Waals surface area contributed by atoms with E-state index in [1.165, 1.54) is 0 Å². The second kappa shape index (κ2) is 4.15. The van der Waals surface area contributed by atoms with Crippen molar-refractivity contribution in [2.45, 2.75) is 19.8 Å². The lowest BCUT2D eigenvalue weighted by Crippen LogP contribution is -2.05. The molecule has 1 nitrogen and oxygen atoms in total. The Kier molecular flexibility index (Phi) is 3.03. The fraction of sp³-hybridized carbons (Fsp3) is 0.417. The van der Waals surface area contributed by atoms with Crippen molar-refractivity contribution in [3.63, 3.8) is 0 Å². The summed E-state index contributed by atoms with van der Waals surface area (Å²) in [4.78, 5) is 11.7. The predicted molar refractivity (Wildman–Crippen MR) is 62.4 cm³/mol. The van der Waals surface area contributed by atoms with Crippen LogP contribution in [0.15, 0.2) is 18.2 Å². The highest BCUT2D eigenvalue weighted by Crippen LogP contribution is 2.39. The first kappa shape index (κ1) is 11.0. The quantitative estimate of drug-likeness (QED) is 0.789. The average molecular weight is 243 g/mol. The van der Waals surface area contributed by atoms with E-state index >= 15 is 0 Å². The zero-order chi connectivity index (χ0) is 11.0. The Morgan fingerprint density at radius 1 is 1.40 bits per heavy atom. The Balaban J connectivity index is 2.04. The van der Waals surface area contributed by atoms with Crippen LogP contribution in [0.1, 0.15) is 18.9 Å². The van der Waals surface area contributed by atoms with Crippen molar-refractivity contribution in [3.8, 4) is 0 Å². The molecule has 2 unspecified atom stereocenters. The van der Waals surface area contributed by atoms with Gasteiger partial charge in [0.25, 0.3) is 0 Å². The lowest BCUT2D eigenvalue weighted by atomic mass is 10.1. The lowest BCUT2D eigenvalue weighted by molar-refractivity contribution is -0.119. The molecule has 0 radical (unpaired) electrons. The molecule has 1 aliphatic rings. The number of hydrogen-bond donors (Lipinski definition) is 0.